The maximum atomic E-state index is 12.8. The summed E-state index contributed by atoms with van der Waals surface area (Å²) >= 11 is 0. The fourth-order valence-corrected chi connectivity index (χ4v) is 7.21. The number of ether oxygens (including phenoxy) is 3. The normalized spacial score (nSPS) is 12.7. The van der Waals surface area contributed by atoms with Crippen LogP contribution in [-0.2, 0) is 28.6 Å². The van der Waals surface area contributed by atoms with Gasteiger partial charge in [-0.05, 0) is 89.9 Å². The van der Waals surface area contributed by atoms with Gasteiger partial charge in [-0.25, -0.2) is 0 Å². The first-order valence-corrected chi connectivity index (χ1v) is 26.6. The lowest BCUT2D eigenvalue weighted by Crippen LogP contribution is -2.30. The summed E-state index contributed by atoms with van der Waals surface area (Å²) in [5.41, 5.74) is 0. The first kappa shape index (κ1) is 60.6. The van der Waals surface area contributed by atoms with Gasteiger partial charge in [0.05, 0.1) is 0 Å². The predicted octanol–water partition coefficient (Wildman–Crippen LogP) is 17.6. The number of allylic oxidation sites excluding steroid dienone is 14. The molecule has 0 aliphatic carbocycles. The van der Waals surface area contributed by atoms with Crippen LogP contribution in [-0.4, -0.2) is 37.2 Å². The van der Waals surface area contributed by atoms with E-state index >= 15 is 0 Å². The standard InChI is InChI=1S/C58H98O6/c1-4-7-10-13-16-19-22-24-26-28-29-30-32-33-36-39-42-45-48-51-57(60)63-54-55(53-62-56(59)50-47-44-41-38-35-21-18-15-12-9-6-3)64-58(61)52-49-46-43-40-37-34-31-27-25-23-20-17-14-11-8-5-2/h7-8,10-11,16-17,19-20,24-27,29-30,55H,4-6,9,12-15,18,21-23,28,31-54H2,1-3H3/b10-7-,11-8-,19-16-,20-17-,26-24-,27-25-,30-29-. The van der Waals surface area contributed by atoms with Crippen LogP contribution in [0.15, 0.2) is 85.1 Å². The number of rotatable bonds is 47. The first-order valence-electron chi connectivity index (χ1n) is 26.6. The summed E-state index contributed by atoms with van der Waals surface area (Å²) < 4.78 is 16.8. The highest BCUT2D eigenvalue weighted by atomic mass is 16.6. The molecule has 0 heterocycles. The molecular formula is C58H98O6. The van der Waals surface area contributed by atoms with Crippen molar-refractivity contribution in [3.63, 3.8) is 0 Å². The Morgan fingerprint density at radius 1 is 0.328 bits per heavy atom. The molecule has 366 valence electrons. The van der Waals surface area contributed by atoms with Crippen molar-refractivity contribution in [3.05, 3.63) is 85.1 Å². The molecule has 0 rings (SSSR count). The van der Waals surface area contributed by atoms with Gasteiger partial charge in [0, 0.05) is 19.3 Å². The fraction of sp³-hybridized carbons (Fsp3) is 0.707. The molecule has 6 nitrogen and oxygen atoms in total. The number of carbonyl (C=O) groups excluding carboxylic acids is 3. The van der Waals surface area contributed by atoms with Gasteiger partial charge < -0.3 is 14.2 Å². The van der Waals surface area contributed by atoms with E-state index < -0.39 is 6.10 Å². The Morgan fingerprint density at radius 3 is 0.953 bits per heavy atom. The SMILES string of the molecule is CC/C=C\C/C=C\C/C=C\C/C=C\CCCCCCCCC(=O)OCC(COC(=O)CCCCCCCCCCCCC)OC(=O)CCCCCCCC/C=C\C/C=C\C/C=C\CC. The highest BCUT2D eigenvalue weighted by Crippen LogP contribution is 2.15. The van der Waals surface area contributed by atoms with Gasteiger partial charge in [0.15, 0.2) is 6.10 Å². The minimum Gasteiger partial charge on any atom is -0.462 e. The second-order valence-corrected chi connectivity index (χ2v) is 17.4. The molecule has 0 spiro atoms. The molecule has 0 aromatic carbocycles. The van der Waals surface area contributed by atoms with Gasteiger partial charge in [0.2, 0.25) is 0 Å². The summed E-state index contributed by atoms with van der Waals surface area (Å²) in [4.78, 5) is 38.0. The van der Waals surface area contributed by atoms with Crippen LogP contribution in [0.1, 0.15) is 245 Å². The molecule has 0 saturated heterocycles. The summed E-state index contributed by atoms with van der Waals surface area (Å²) in [7, 11) is 0. The molecule has 0 saturated carbocycles. The van der Waals surface area contributed by atoms with Crippen LogP contribution < -0.4 is 0 Å². The van der Waals surface area contributed by atoms with E-state index in [1.54, 1.807) is 0 Å². The molecule has 0 fully saturated rings. The molecule has 0 aromatic rings. The Morgan fingerprint density at radius 2 is 0.609 bits per heavy atom. The van der Waals surface area contributed by atoms with Crippen molar-refractivity contribution >= 4 is 17.9 Å². The lowest BCUT2D eigenvalue weighted by Gasteiger charge is -2.18. The topological polar surface area (TPSA) is 78.9 Å². The van der Waals surface area contributed by atoms with E-state index in [1.165, 1.54) is 83.5 Å². The van der Waals surface area contributed by atoms with E-state index in [9.17, 15) is 14.4 Å². The highest BCUT2D eigenvalue weighted by molar-refractivity contribution is 5.71. The number of carbonyl (C=O) groups is 3. The molecule has 1 atom stereocenters. The zero-order chi connectivity index (χ0) is 46.5. The Balaban J connectivity index is 4.40. The molecule has 0 aliphatic heterocycles. The zero-order valence-electron chi connectivity index (χ0n) is 41.8. The summed E-state index contributed by atoms with van der Waals surface area (Å²) in [5.74, 6) is -0.912. The van der Waals surface area contributed by atoms with Crippen molar-refractivity contribution in [2.24, 2.45) is 0 Å². The van der Waals surface area contributed by atoms with Crippen molar-refractivity contribution in [1.82, 2.24) is 0 Å². The fourth-order valence-electron chi connectivity index (χ4n) is 7.21. The van der Waals surface area contributed by atoms with Gasteiger partial charge in [-0.2, -0.15) is 0 Å². The van der Waals surface area contributed by atoms with Crippen LogP contribution in [0.4, 0.5) is 0 Å². The van der Waals surface area contributed by atoms with Crippen LogP contribution in [0.5, 0.6) is 0 Å². The summed E-state index contributed by atoms with van der Waals surface area (Å²) in [6, 6.07) is 0. The van der Waals surface area contributed by atoms with Crippen LogP contribution in [0.3, 0.4) is 0 Å². The van der Waals surface area contributed by atoms with E-state index in [2.05, 4.69) is 106 Å². The molecular weight excluding hydrogens is 793 g/mol. The lowest BCUT2D eigenvalue weighted by molar-refractivity contribution is -0.167. The van der Waals surface area contributed by atoms with E-state index in [-0.39, 0.29) is 31.1 Å². The predicted molar refractivity (Wildman–Crippen MR) is 274 cm³/mol. The van der Waals surface area contributed by atoms with E-state index in [4.69, 9.17) is 14.2 Å². The number of hydrogen-bond acceptors (Lipinski definition) is 6. The Kier molecular flexibility index (Phi) is 49.4. The molecule has 0 bridgehead atoms. The van der Waals surface area contributed by atoms with E-state index in [0.717, 1.165) is 122 Å². The smallest absolute Gasteiger partial charge is 0.306 e. The minimum atomic E-state index is -0.788. The van der Waals surface area contributed by atoms with Crippen molar-refractivity contribution in [3.8, 4) is 0 Å². The van der Waals surface area contributed by atoms with Gasteiger partial charge >= 0.3 is 17.9 Å². The molecule has 0 aliphatic rings. The Labute approximate surface area is 395 Å². The van der Waals surface area contributed by atoms with Gasteiger partial charge in [-0.1, -0.05) is 221 Å². The van der Waals surface area contributed by atoms with Crippen molar-refractivity contribution < 1.29 is 28.6 Å². The van der Waals surface area contributed by atoms with Crippen molar-refractivity contribution in [2.45, 2.75) is 252 Å². The van der Waals surface area contributed by atoms with Crippen molar-refractivity contribution in [1.29, 1.82) is 0 Å². The van der Waals surface area contributed by atoms with Crippen LogP contribution >= 0.6 is 0 Å². The average molecular weight is 891 g/mol. The largest absolute Gasteiger partial charge is 0.462 e. The minimum absolute atomic E-state index is 0.0855. The molecule has 0 amide bonds. The van der Waals surface area contributed by atoms with E-state index in [1.807, 2.05) is 0 Å². The summed E-state index contributed by atoms with van der Waals surface area (Å²) in [6.07, 6.45) is 67.1. The van der Waals surface area contributed by atoms with Gasteiger partial charge in [0.1, 0.15) is 13.2 Å². The molecule has 0 radical (unpaired) electrons. The summed E-state index contributed by atoms with van der Waals surface area (Å²) in [5, 5.41) is 0. The Hall–Kier alpha value is -3.41. The number of hydrogen-bond donors (Lipinski definition) is 0. The van der Waals surface area contributed by atoms with Crippen LogP contribution in [0.2, 0.25) is 0 Å². The second kappa shape index (κ2) is 52.2. The molecule has 0 N–H and O–H groups in total. The number of unbranched alkanes of at least 4 members (excludes halogenated alkanes) is 22. The first-order chi connectivity index (χ1) is 31.5. The molecule has 1 unspecified atom stereocenters. The second-order valence-electron chi connectivity index (χ2n) is 17.4. The highest BCUT2D eigenvalue weighted by Gasteiger charge is 2.19. The van der Waals surface area contributed by atoms with Gasteiger partial charge in [-0.15, -0.1) is 0 Å². The Bertz CT molecular complexity index is 1250. The van der Waals surface area contributed by atoms with Crippen LogP contribution in [0.25, 0.3) is 0 Å². The lowest BCUT2D eigenvalue weighted by atomic mass is 10.1. The maximum absolute atomic E-state index is 12.8. The average Bonchev–Trinajstić information content (AvgIpc) is 3.29. The van der Waals surface area contributed by atoms with E-state index in [0.29, 0.717) is 19.3 Å². The molecule has 6 heteroatoms. The third-order valence-electron chi connectivity index (χ3n) is 11.1. The zero-order valence-corrected chi connectivity index (χ0v) is 41.8. The monoisotopic (exact) mass is 891 g/mol. The molecule has 0 aromatic heterocycles. The number of esters is 3. The van der Waals surface area contributed by atoms with Crippen LogP contribution in [0, 0.1) is 0 Å². The maximum Gasteiger partial charge on any atom is 0.306 e. The quantitative estimate of drug-likeness (QED) is 0.0262. The summed E-state index contributed by atoms with van der Waals surface area (Å²) in [6.45, 7) is 6.39. The molecule has 64 heavy (non-hydrogen) atoms. The third kappa shape index (κ3) is 49.6. The van der Waals surface area contributed by atoms with Crippen molar-refractivity contribution in [2.75, 3.05) is 13.2 Å². The van der Waals surface area contributed by atoms with Gasteiger partial charge in [0.25, 0.3) is 0 Å². The third-order valence-corrected chi connectivity index (χ3v) is 11.1. The van der Waals surface area contributed by atoms with Gasteiger partial charge in [-0.3, -0.25) is 14.4 Å².